The highest BCUT2D eigenvalue weighted by atomic mass is 31.1. The first-order chi connectivity index (χ1) is 6.07. The summed E-state index contributed by atoms with van der Waals surface area (Å²) < 4.78 is 0. The zero-order valence-corrected chi connectivity index (χ0v) is 9.57. The minimum absolute atomic E-state index is 0.187. The van der Waals surface area contributed by atoms with Crippen molar-refractivity contribution in [2.24, 2.45) is 0 Å². The molecule has 0 aliphatic carbocycles. The van der Waals surface area contributed by atoms with Crippen LogP contribution < -0.4 is 0 Å². The van der Waals surface area contributed by atoms with Crippen molar-refractivity contribution in [2.75, 3.05) is 0 Å². The van der Waals surface area contributed by atoms with Crippen molar-refractivity contribution >= 4 is 7.92 Å². The largest absolute Gasteiger partial charge is 0.0922 e. The van der Waals surface area contributed by atoms with Crippen LogP contribution in [-0.4, -0.2) is 5.16 Å². The average molecular weight is 192 g/mol. The Kier molecular flexibility index (Phi) is 2.20. The first-order valence-corrected chi connectivity index (χ1v) is 6.60. The Hall–Kier alpha value is -0.350. The molecule has 0 fully saturated rings. The molecule has 0 bridgehead atoms. The minimum Gasteiger partial charge on any atom is -0.0922 e. The molecule has 0 saturated heterocycles. The first kappa shape index (κ1) is 9.21. The Morgan fingerprint density at radius 1 is 1.00 bits per heavy atom. The lowest BCUT2D eigenvalue weighted by atomic mass is 10.1. The van der Waals surface area contributed by atoms with Crippen LogP contribution in [0.4, 0.5) is 0 Å². The lowest BCUT2D eigenvalue weighted by molar-refractivity contribution is 0.780. The third kappa shape index (κ3) is 1.79. The molecule has 0 aromatic heterocycles. The molecule has 1 aromatic carbocycles. The van der Waals surface area contributed by atoms with E-state index in [4.69, 9.17) is 0 Å². The van der Waals surface area contributed by atoms with E-state index < -0.39 is 0 Å². The fourth-order valence-corrected chi connectivity index (χ4v) is 4.31. The van der Waals surface area contributed by atoms with Crippen LogP contribution in [-0.2, 0) is 12.3 Å². The fraction of sp³-hybridized carbons (Fsp3) is 0.500. The van der Waals surface area contributed by atoms with Crippen LogP contribution in [0.25, 0.3) is 0 Å². The van der Waals surface area contributed by atoms with Gasteiger partial charge in [-0.05, 0) is 28.6 Å². The van der Waals surface area contributed by atoms with Crippen LogP contribution in [0.2, 0.25) is 0 Å². The molecule has 0 spiro atoms. The van der Waals surface area contributed by atoms with Gasteiger partial charge in [0.2, 0.25) is 0 Å². The van der Waals surface area contributed by atoms with E-state index in [1.54, 1.807) is 11.1 Å². The molecule has 1 aromatic rings. The van der Waals surface area contributed by atoms with Crippen LogP contribution in [0.5, 0.6) is 0 Å². The third-order valence-electron chi connectivity index (χ3n) is 2.79. The van der Waals surface area contributed by atoms with Crippen molar-refractivity contribution in [1.82, 2.24) is 0 Å². The van der Waals surface area contributed by atoms with Gasteiger partial charge in [-0.3, -0.25) is 0 Å². The molecule has 0 atom stereocenters. The standard InChI is InChI=1S/C12H17P/c1-12(2,3)13-8-10-6-4-5-7-11(10)9-13/h4-7H,8-9H2,1-3H3. The molecule has 0 unspecified atom stereocenters. The molecule has 1 aliphatic rings. The van der Waals surface area contributed by atoms with Gasteiger partial charge in [-0.1, -0.05) is 53.0 Å². The van der Waals surface area contributed by atoms with Gasteiger partial charge in [-0.15, -0.1) is 0 Å². The highest BCUT2D eigenvalue weighted by Crippen LogP contribution is 2.59. The molecule has 1 aliphatic heterocycles. The highest BCUT2D eigenvalue weighted by molar-refractivity contribution is 7.58. The first-order valence-electron chi connectivity index (χ1n) is 4.89. The summed E-state index contributed by atoms with van der Waals surface area (Å²) in [5.41, 5.74) is 3.20. The molecular formula is C12H17P. The van der Waals surface area contributed by atoms with E-state index in [0.717, 1.165) is 0 Å². The Balaban J connectivity index is 2.23. The Labute approximate surface area is 82.1 Å². The second-order valence-electron chi connectivity index (χ2n) is 4.80. The summed E-state index contributed by atoms with van der Waals surface area (Å²) in [5.74, 6) is 0. The number of hydrogen-bond donors (Lipinski definition) is 0. The maximum Gasteiger partial charge on any atom is -0.00625 e. The van der Waals surface area contributed by atoms with Gasteiger partial charge in [0.1, 0.15) is 0 Å². The maximum absolute atomic E-state index is 2.38. The maximum atomic E-state index is 2.38. The van der Waals surface area contributed by atoms with Gasteiger partial charge in [0, 0.05) is 0 Å². The van der Waals surface area contributed by atoms with Gasteiger partial charge in [0.15, 0.2) is 0 Å². The second-order valence-corrected chi connectivity index (χ2v) is 7.85. The lowest BCUT2D eigenvalue weighted by Crippen LogP contribution is -2.10. The summed E-state index contributed by atoms with van der Waals surface area (Å²) in [4.78, 5) is 0. The van der Waals surface area contributed by atoms with Crippen molar-refractivity contribution in [3.8, 4) is 0 Å². The summed E-state index contributed by atoms with van der Waals surface area (Å²) in [6, 6.07) is 8.92. The van der Waals surface area contributed by atoms with Crippen molar-refractivity contribution < 1.29 is 0 Å². The van der Waals surface area contributed by atoms with Gasteiger partial charge in [-0.2, -0.15) is 0 Å². The van der Waals surface area contributed by atoms with E-state index in [1.165, 1.54) is 12.3 Å². The smallest absolute Gasteiger partial charge is 0.00625 e. The van der Waals surface area contributed by atoms with E-state index in [0.29, 0.717) is 5.16 Å². The second kappa shape index (κ2) is 3.10. The quantitative estimate of drug-likeness (QED) is 0.545. The third-order valence-corrected chi connectivity index (χ3v) is 6.13. The predicted molar refractivity (Wildman–Crippen MR) is 60.5 cm³/mol. The molecule has 0 N–H and O–H groups in total. The molecule has 0 saturated carbocycles. The van der Waals surface area contributed by atoms with E-state index in [2.05, 4.69) is 45.0 Å². The van der Waals surface area contributed by atoms with Crippen LogP contribution in [0.15, 0.2) is 24.3 Å². The summed E-state index contributed by atoms with van der Waals surface area (Å²) in [7, 11) is 0.187. The van der Waals surface area contributed by atoms with Gasteiger partial charge < -0.3 is 0 Å². The van der Waals surface area contributed by atoms with E-state index >= 15 is 0 Å². The molecule has 0 amide bonds. The Morgan fingerprint density at radius 2 is 1.46 bits per heavy atom. The number of hydrogen-bond acceptors (Lipinski definition) is 0. The predicted octanol–water partition coefficient (Wildman–Crippen LogP) is 3.98. The zero-order valence-electron chi connectivity index (χ0n) is 8.67. The summed E-state index contributed by atoms with van der Waals surface area (Å²) >= 11 is 0. The number of rotatable bonds is 0. The van der Waals surface area contributed by atoms with Crippen molar-refractivity contribution in [3.63, 3.8) is 0 Å². The monoisotopic (exact) mass is 192 g/mol. The molecule has 1 heteroatoms. The Morgan fingerprint density at radius 3 is 1.85 bits per heavy atom. The molecule has 70 valence electrons. The highest BCUT2D eigenvalue weighted by Gasteiger charge is 2.29. The lowest BCUT2D eigenvalue weighted by Gasteiger charge is -2.27. The summed E-state index contributed by atoms with van der Waals surface area (Å²) in [6.45, 7) is 7.14. The van der Waals surface area contributed by atoms with Crippen LogP contribution in [0.3, 0.4) is 0 Å². The van der Waals surface area contributed by atoms with Gasteiger partial charge in [0.05, 0.1) is 0 Å². The average Bonchev–Trinajstić information content (AvgIpc) is 2.45. The van der Waals surface area contributed by atoms with Gasteiger partial charge in [0.25, 0.3) is 0 Å². The van der Waals surface area contributed by atoms with Gasteiger partial charge >= 0.3 is 0 Å². The van der Waals surface area contributed by atoms with E-state index in [9.17, 15) is 0 Å². The SMILES string of the molecule is CC(C)(C)P1Cc2ccccc2C1. The molecule has 0 radical (unpaired) electrons. The Bertz CT molecular complexity index is 284. The van der Waals surface area contributed by atoms with E-state index in [1.807, 2.05) is 0 Å². The van der Waals surface area contributed by atoms with Crippen LogP contribution in [0, 0.1) is 0 Å². The molecule has 2 rings (SSSR count). The molecule has 0 nitrogen and oxygen atoms in total. The molecule has 13 heavy (non-hydrogen) atoms. The normalized spacial score (nSPS) is 17.5. The number of benzene rings is 1. The van der Waals surface area contributed by atoms with Crippen molar-refractivity contribution in [2.45, 2.75) is 38.3 Å². The molecular weight excluding hydrogens is 175 g/mol. The molecule has 1 heterocycles. The summed E-state index contributed by atoms with van der Waals surface area (Å²) in [6.07, 6.45) is 2.68. The zero-order chi connectivity index (χ0) is 9.47. The van der Waals surface area contributed by atoms with Crippen molar-refractivity contribution in [3.05, 3.63) is 35.4 Å². The summed E-state index contributed by atoms with van der Waals surface area (Å²) in [5, 5.41) is 0.522. The van der Waals surface area contributed by atoms with Gasteiger partial charge in [-0.25, -0.2) is 0 Å². The fourth-order valence-electron chi connectivity index (χ4n) is 1.81. The van der Waals surface area contributed by atoms with Crippen molar-refractivity contribution in [1.29, 1.82) is 0 Å². The van der Waals surface area contributed by atoms with E-state index in [-0.39, 0.29) is 7.92 Å². The van der Waals surface area contributed by atoms with Crippen LogP contribution in [0.1, 0.15) is 31.9 Å². The van der Waals surface area contributed by atoms with Crippen LogP contribution >= 0.6 is 7.92 Å². The number of fused-ring (bicyclic) bond motifs is 1. The topological polar surface area (TPSA) is 0 Å². The minimum atomic E-state index is 0.187.